The number of nitrogens with one attached hydrogen (secondary N) is 1. The number of ether oxygens (including phenoxy) is 2. The molecule has 1 aromatic carbocycles. The fraction of sp³-hybridized carbons (Fsp3) is 0.600. The van der Waals surface area contributed by atoms with Crippen LogP contribution in [0.15, 0.2) is 18.2 Å². The van der Waals surface area contributed by atoms with Gasteiger partial charge in [-0.15, -0.1) is 0 Å². The van der Waals surface area contributed by atoms with Crippen LogP contribution >= 0.6 is 0 Å². The van der Waals surface area contributed by atoms with Gasteiger partial charge in [-0.3, -0.25) is 0 Å². The van der Waals surface area contributed by atoms with E-state index in [9.17, 15) is 8.42 Å². The summed E-state index contributed by atoms with van der Waals surface area (Å²) < 4.78 is 33.3. The van der Waals surface area contributed by atoms with Crippen LogP contribution in [0, 0.1) is 0 Å². The van der Waals surface area contributed by atoms with Crippen LogP contribution in [-0.2, 0) is 16.4 Å². The quantitative estimate of drug-likeness (QED) is 0.669. The monoisotopic (exact) mass is 315 g/mol. The zero-order chi connectivity index (χ0) is 15.7. The first-order valence-electron chi connectivity index (χ1n) is 7.23. The van der Waals surface area contributed by atoms with E-state index in [2.05, 4.69) is 12.2 Å². The van der Waals surface area contributed by atoms with Gasteiger partial charge >= 0.3 is 0 Å². The van der Waals surface area contributed by atoms with Crippen LogP contribution < -0.4 is 14.8 Å². The van der Waals surface area contributed by atoms with Gasteiger partial charge in [-0.1, -0.05) is 13.0 Å². The second-order valence-corrected chi connectivity index (χ2v) is 7.13. The fourth-order valence-corrected chi connectivity index (χ4v) is 2.15. The molecule has 0 amide bonds. The first-order chi connectivity index (χ1) is 9.96. The lowest BCUT2D eigenvalue weighted by Crippen LogP contribution is -2.14. The Morgan fingerprint density at radius 1 is 1.14 bits per heavy atom. The minimum atomic E-state index is -3.02. The van der Waals surface area contributed by atoms with Crippen molar-refractivity contribution in [2.75, 3.05) is 31.8 Å². The van der Waals surface area contributed by atoms with E-state index in [1.165, 1.54) is 6.26 Å². The van der Waals surface area contributed by atoms with E-state index in [-0.39, 0.29) is 12.4 Å². The molecule has 0 saturated heterocycles. The van der Waals surface area contributed by atoms with Gasteiger partial charge in [0.05, 0.1) is 12.4 Å². The van der Waals surface area contributed by atoms with Gasteiger partial charge in [0.15, 0.2) is 21.3 Å². The van der Waals surface area contributed by atoms with E-state index >= 15 is 0 Å². The summed E-state index contributed by atoms with van der Waals surface area (Å²) in [4.78, 5) is 0. The van der Waals surface area contributed by atoms with E-state index in [0.29, 0.717) is 18.1 Å². The molecule has 0 unspecified atom stereocenters. The molecule has 0 spiro atoms. The summed E-state index contributed by atoms with van der Waals surface area (Å²) in [6, 6.07) is 5.72. The third-order valence-corrected chi connectivity index (χ3v) is 3.68. The highest BCUT2D eigenvalue weighted by Gasteiger charge is 2.08. The average Bonchev–Trinajstić information content (AvgIpc) is 2.40. The molecule has 0 fully saturated rings. The van der Waals surface area contributed by atoms with Crippen molar-refractivity contribution in [3.63, 3.8) is 0 Å². The first-order valence-corrected chi connectivity index (χ1v) is 9.29. The molecule has 0 aliphatic rings. The maximum absolute atomic E-state index is 11.1. The molecule has 0 saturated carbocycles. The van der Waals surface area contributed by atoms with Crippen molar-refractivity contribution >= 4 is 9.84 Å². The zero-order valence-corrected chi connectivity index (χ0v) is 13.8. The molecule has 1 N–H and O–H groups in total. The Bertz CT molecular complexity index is 528. The minimum absolute atomic E-state index is 0.00162. The van der Waals surface area contributed by atoms with Crippen LogP contribution in [0.3, 0.4) is 0 Å². The maximum atomic E-state index is 11.1. The lowest BCUT2D eigenvalue weighted by Gasteiger charge is -2.13. The SMILES string of the molecule is CCCNCc1ccc(OCCS(C)(=O)=O)c(OCC)c1. The summed E-state index contributed by atoms with van der Waals surface area (Å²) >= 11 is 0. The van der Waals surface area contributed by atoms with Crippen LogP contribution in [0.5, 0.6) is 11.5 Å². The number of benzene rings is 1. The molecule has 120 valence electrons. The number of hydrogen-bond donors (Lipinski definition) is 1. The number of rotatable bonds is 10. The van der Waals surface area contributed by atoms with Gasteiger partial charge in [0.2, 0.25) is 0 Å². The molecule has 0 atom stereocenters. The van der Waals surface area contributed by atoms with Crippen molar-refractivity contribution in [2.45, 2.75) is 26.8 Å². The molecular formula is C15H25NO4S. The van der Waals surface area contributed by atoms with Crippen molar-refractivity contribution in [2.24, 2.45) is 0 Å². The van der Waals surface area contributed by atoms with Crippen molar-refractivity contribution in [1.82, 2.24) is 5.32 Å². The fourth-order valence-electron chi connectivity index (χ4n) is 1.76. The molecule has 0 heterocycles. The molecule has 6 heteroatoms. The largest absolute Gasteiger partial charge is 0.490 e. The lowest BCUT2D eigenvalue weighted by molar-refractivity contribution is 0.288. The molecular weight excluding hydrogens is 290 g/mol. The van der Waals surface area contributed by atoms with E-state index < -0.39 is 9.84 Å². The molecule has 1 aromatic rings. The van der Waals surface area contributed by atoms with Crippen molar-refractivity contribution < 1.29 is 17.9 Å². The summed E-state index contributed by atoms with van der Waals surface area (Å²) in [5.74, 6) is 1.24. The maximum Gasteiger partial charge on any atom is 0.161 e. The molecule has 0 bridgehead atoms. The molecule has 0 radical (unpaired) electrons. The smallest absolute Gasteiger partial charge is 0.161 e. The van der Waals surface area contributed by atoms with Crippen LogP contribution in [0.4, 0.5) is 0 Å². The second-order valence-electron chi connectivity index (χ2n) is 4.87. The normalized spacial score (nSPS) is 11.4. The highest BCUT2D eigenvalue weighted by atomic mass is 32.2. The third kappa shape index (κ3) is 7.34. The summed E-state index contributed by atoms with van der Waals surface area (Å²) in [5, 5.41) is 3.33. The zero-order valence-electron chi connectivity index (χ0n) is 13.0. The van der Waals surface area contributed by atoms with Gasteiger partial charge in [-0.2, -0.15) is 0 Å². The molecule has 21 heavy (non-hydrogen) atoms. The molecule has 1 rings (SSSR count). The Morgan fingerprint density at radius 3 is 2.52 bits per heavy atom. The summed E-state index contributed by atoms with van der Waals surface area (Å²) in [5.41, 5.74) is 1.11. The Morgan fingerprint density at radius 2 is 1.90 bits per heavy atom. The van der Waals surface area contributed by atoms with Crippen molar-refractivity contribution in [3.8, 4) is 11.5 Å². The van der Waals surface area contributed by atoms with E-state index in [1.54, 1.807) is 0 Å². The molecule has 0 aromatic heterocycles. The summed E-state index contributed by atoms with van der Waals surface area (Å²) in [6.07, 6.45) is 2.29. The number of hydrogen-bond acceptors (Lipinski definition) is 5. The standard InChI is InChI=1S/C15H25NO4S/c1-4-8-16-12-13-6-7-14(15(11-13)19-5-2)20-9-10-21(3,17)18/h6-7,11,16H,4-5,8-10,12H2,1-3H3. The van der Waals surface area contributed by atoms with Crippen LogP contribution in [0.1, 0.15) is 25.8 Å². The van der Waals surface area contributed by atoms with Gasteiger partial charge in [0, 0.05) is 12.8 Å². The lowest BCUT2D eigenvalue weighted by atomic mass is 10.2. The predicted molar refractivity (Wildman–Crippen MR) is 84.8 cm³/mol. The highest BCUT2D eigenvalue weighted by Crippen LogP contribution is 2.28. The second kappa shape index (κ2) is 8.89. The molecule has 5 nitrogen and oxygen atoms in total. The molecule has 0 aliphatic heterocycles. The van der Waals surface area contributed by atoms with Gasteiger partial charge in [0.25, 0.3) is 0 Å². The van der Waals surface area contributed by atoms with Gasteiger partial charge in [-0.25, -0.2) is 8.42 Å². The van der Waals surface area contributed by atoms with Crippen LogP contribution in [0.25, 0.3) is 0 Å². The Labute approximate surface area is 127 Å². The first kappa shape index (κ1) is 17.8. The van der Waals surface area contributed by atoms with Crippen molar-refractivity contribution in [1.29, 1.82) is 0 Å². The van der Waals surface area contributed by atoms with Crippen molar-refractivity contribution in [3.05, 3.63) is 23.8 Å². The highest BCUT2D eigenvalue weighted by molar-refractivity contribution is 7.90. The van der Waals surface area contributed by atoms with Gasteiger partial charge < -0.3 is 14.8 Å². The van der Waals surface area contributed by atoms with Gasteiger partial charge in [0.1, 0.15) is 6.61 Å². The third-order valence-electron chi connectivity index (χ3n) is 2.78. The molecule has 0 aliphatic carbocycles. The number of sulfone groups is 1. The van der Waals surface area contributed by atoms with Crippen LogP contribution in [-0.4, -0.2) is 40.2 Å². The minimum Gasteiger partial charge on any atom is -0.490 e. The van der Waals surface area contributed by atoms with Gasteiger partial charge in [-0.05, 0) is 37.6 Å². The summed E-state index contributed by atoms with van der Waals surface area (Å²) in [6.45, 7) is 6.44. The topological polar surface area (TPSA) is 64.6 Å². The van der Waals surface area contributed by atoms with E-state index in [4.69, 9.17) is 9.47 Å². The van der Waals surface area contributed by atoms with E-state index in [0.717, 1.165) is 25.1 Å². The Kier molecular flexibility index (Phi) is 7.53. The Hall–Kier alpha value is -1.27. The predicted octanol–water partition coefficient (Wildman–Crippen LogP) is 2.01. The average molecular weight is 315 g/mol. The Balaban J connectivity index is 2.69. The van der Waals surface area contributed by atoms with E-state index in [1.807, 2.05) is 25.1 Å². The summed E-state index contributed by atoms with van der Waals surface area (Å²) in [7, 11) is -3.02. The van der Waals surface area contributed by atoms with Crippen LogP contribution in [0.2, 0.25) is 0 Å².